The third-order valence-corrected chi connectivity index (χ3v) is 7.08. The topological polar surface area (TPSA) is 114 Å². The van der Waals surface area contributed by atoms with Gasteiger partial charge in [0.1, 0.15) is 17.7 Å². The van der Waals surface area contributed by atoms with Gasteiger partial charge in [-0.1, -0.05) is 0 Å². The van der Waals surface area contributed by atoms with Gasteiger partial charge in [-0.05, 0) is 49.4 Å². The predicted octanol–water partition coefficient (Wildman–Crippen LogP) is 4.05. The van der Waals surface area contributed by atoms with Crippen LogP contribution in [0.5, 0.6) is 5.75 Å². The number of halogens is 6. The molecule has 2 aromatic rings. The molecule has 0 bridgehead atoms. The number of hydrogen-bond acceptors (Lipinski definition) is 6. The highest BCUT2D eigenvalue weighted by molar-refractivity contribution is 7.92. The Labute approximate surface area is 212 Å². The summed E-state index contributed by atoms with van der Waals surface area (Å²) in [5.41, 5.74) is -0.362. The van der Waals surface area contributed by atoms with E-state index in [0.717, 1.165) is 40.7 Å². The van der Waals surface area contributed by atoms with Crippen LogP contribution in [0.25, 0.3) is 0 Å². The van der Waals surface area contributed by atoms with Gasteiger partial charge in [0.05, 0.1) is 23.7 Å². The van der Waals surface area contributed by atoms with E-state index in [1.165, 1.54) is 13.0 Å². The van der Waals surface area contributed by atoms with Crippen molar-refractivity contribution >= 4 is 33.4 Å². The van der Waals surface area contributed by atoms with Gasteiger partial charge in [0.15, 0.2) is 6.10 Å². The first-order valence-corrected chi connectivity index (χ1v) is 12.2. The normalized spacial score (nSPS) is 16.6. The number of hydrogen-bond donors (Lipinski definition) is 2. The van der Waals surface area contributed by atoms with E-state index < -0.39 is 52.1 Å². The smallest absolute Gasteiger partial charge is 0.457 e. The lowest BCUT2D eigenvalue weighted by molar-refractivity contribution is -0.308. The van der Waals surface area contributed by atoms with Gasteiger partial charge in [-0.15, -0.1) is 0 Å². The summed E-state index contributed by atoms with van der Waals surface area (Å²) in [5.74, 6) is -6.44. The van der Waals surface area contributed by atoms with Crippen LogP contribution in [0.15, 0.2) is 47.4 Å². The van der Waals surface area contributed by atoms with Crippen LogP contribution in [0.3, 0.4) is 0 Å². The lowest BCUT2D eigenvalue weighted by Crippen LogP contribution is -2.48. The maximum absolute atomic E-state index is 13.4. The number of ether oxygens (including phenoxy) is 2. The minimum atomic E-state index is -5.96. The third-order valence-electron chi connectivity index (χ3n) is 5.29. The summed E-state index contributed by atoms with van der Waals surface area (Å²) >= 11 is 0. The van der Waals surface area contributed by atoms with Crippen molar-refractivity contribution in [3.05, 3.63) is 48.3 Å². The fourth-order valence-corrected chi connectivity index (χ4v) is 4.83. The lowest BCUT2D eigenvalue weighted by atomic mass is 10.2. The van der Waals surface area contributed by atoms with Crippen molar-refractivity contribution in [3.63, 3.8) is 0 Å². The summed E-state index contributed by atoms with van der Waals surface area (Å²) in [4.78, 5) is 23.0. The molecule has 208 valence electrons. The molecule has 1 heterocycles. The van der Waals surface area contributed by atoms with Crippen molar-refractivity contribution in [1.82, 2.24) is 5.32 Å². The zero-order chi connectivity index (χ0) is 28.5. The van der Waals surface area contributed by atoms with Gasteiger partial charge in [-0.2, -0.15) is 22.0 Å². The summed E-state index contributed by atoms with van der Waals surface area (Å²) < 4.78 is 115. The van der Waals surface area contributed by atoms with Crippen molar-refractivity contribution in [2.24, 2.45) is 0 Å². The van der Waals surface area contributed by atoms with Crippen molar-refractivity contribution in [2.75, 3.05) is 22.7 Å². The number of rotatable bonds is 7. The highest BCUT2D eigenvalue weighted by Crippen LogP contribution is 2.40. The number of carbonyl (C=O) groups is 2. The second-order valence-electron chi connectivity index (χ2n) is 8.14. The van der Waals surface area contributed by atoms with Gasteiger partial charge in [0.2, 0.25) is 5.91 Å². The molecule has 1 aliphatic rings. The number of alkyl halides is 5. The summed E-state index contributed by atoms with van der Waals surface area (Å²) in [6.45, 7) is 1.18. The fraction of sp³-hybridized carbons (Fsp3) is 0.364. The molecule has 2 atom stereocenters. The standard InChI is InChI=1S/C22H21F6N3O6S/c1-12(21(24,25)22(26,27)28)36-20(33)30-15-5-8-19-18(9-15)31(11-16(37-19)10-29-13(2)32)38(34,35)17-6-3-14(23)4-7-17/h3-9,12,16H,10-11H2,1-2H3,(H,29,32)(H,30,33)/t12-,16-/m0/s1. The summed E-state index contributed by atoms with van der Waals surface area (Å²) in [6, 6.07) is 7.33. The number of benzene rings is 2. The number of nitrogens with one attached hydrogen (secondary N) is 2. The maximum Gasteiger partial charge on any atom is 0.457 e. The molecular formula is C22H21F6N3O6S. The molecule has 2 amide bonds. The Morgan fingerprint density at radius 2 is 1.76 bits per heavy atom. The van der Waals surface area contributed by atoms with Crippen LogP contribution in [0.2, 0.25) is 0 Å². The van der Waals surface area contributed by atoms with Gasteiger partial charge < -0.3 is 14.8 Å². The zero-order valence-corrected chi connectivity index (χ0v) is 20.5. The minimum absolute atomic E-state index is 0.0202. The van der Waals surface area contributed by atoms with Crippen molar-refractivity contribution in [2.45, 2.75) is 43.0 Å². The van der Waals surface area contributed by atoms with Crippen LogP contribution >= 0.6 is 0 Å². The number of nitrogens with zero attached hydrogens (tertiary/aromatic N) is 1. The van der Waals surface area contributed by atoms with Crippen molar-refractivity contribution in [3.8, 4) is 5.75 Å². The van der Waals surface area contributed by atoms with Crippen LogP contribution in [-0.4, -0.2) is 57.8 Å². The molecule has 3 rings (SSSR count). The minimum Gasteiger partial charge on any atom is -0.484 e. The Hall–Kier alpha value is -3.69. The van der Waals surface area contributed by atoms with E-state index in [0.29, 0.717) is 6.92 Å². The Bertz CT molecular complexity index is 1300. The SMILES string of the molecule is CC(=O)NC[C@H]1CN(S(=O)(=O)c2ccc(F)cc2)c2cc(NC(=O)O[C@@H](C)C(F)(F)C(F)(F)F)ccc2O1. The van der Waals surface area contributed by atoms with Crippen LogP contribution in [0.4, 0.5) is 42.5 Å². The van der Waals surface area contributed by atoms with E-state index in [9.17, 15) is 44.3 Å². The first-order valence-electron chi connectivity index (χ1n) is 10.8. The monoisotopic (exact) mass is 569 g/mol. The van der Waals surface area contributed by atoms with Gasteiger partial charge >= 0.3 is 18.2 Å². The number of anilines is 2. The first kappa shape index (κ1) is 28.9. The Balaban J connectivity index is 1.91. The molecule has 0 aliphatic carbocycles. The molecule has 0 spiro atoms. The van der Waals surface area contributed by atoms with E-state index >= 15 is 0 Å². The fourth-order valence-electron chi connectivity index (χ4n) is 3.33. The average molecular weight is 569 g/mol. The number of fused-ring (bicyclic) bond motifs is 1. The molecule has 2 aromatic carbocycles. The molecule has 0 radical (unpaired) electrons. The van der Waals surface area contributed by atoms with Crippen molar-refractivity contribution < 1.29 is 53.8 Å². The first-order chi connectivity index (χ1) is 17.5. The van der Waals surface area contributed by atoms with Gasteiger partial charge in [-0.3, -0.25) is 14.4 Å². The molecule has 0 fully saturated rings. The molecular weight excluding hydrogens is 548 g/mol. The summed E-state index contributed by atoms with van der Waals surface area (Å²) in [5, 5.41) is 4.47. The second kappa shape index (κ2) is 10.6. The maximum atomic E-state index is 13.4. The largest absolute Gasteiger partial charge is 0.484 e. The summed E-state index contributed by atoms with van der Waals surface area (Å²) in [7, 11) is -4.36. The van der Waals surface area contributed by atoms with Crippen molar-refractivity contribution in [1.29, 1.82) is 0 Å². The van der Waals surface area contributed by atoms with Gasteiger partial charge in [0.25, 0.3) is 10.0 Å². The van der Waals surface area contributed by atoms with E-state index in [-0.39, 0.29) is 35.1 Å². The lowest BCUT2D eigenvalue weighted by Gasteiger charge is -2.35. The Morgan fingerprint density at radius 3 is 2.34 bits per heavy atom. The van der Waals surface area contributed by atoms with E-state index in [1.54, 1.807) is 0 Å². The van der Waals surface area contributed by atoms with Gasteiger partial charge in [0, 0.05) is 12.6 Å². The molecule has 2 N–H and O–H groups in total. The molecule has 1 aliphatic heterocycles. The van der Waals surface area contributed by atoms with Gasteiger partial charge in [-0.25, -0.2) is 17.6 Å². The molecule has 16 heteroatoms. The van der Waals surface area contributed by atoms with E-state index in [1.807, 2.05) is 5.32 Å². The van der Waals surface area contributed by atoms with Crippen LogP contribution in [0, 0.1) is 5.82 Å². The van der Waals surface area contributed by atoms with Crippen LogP contribution in [0.1, 0.15) is 13.8 Å². The Morgan fingerprint density at radius 1 is 1.13 bits per heavy atom. The van der Waals surface area contributed by atoms with Crippen LogP contribution in [-0.2, 0) is 19.6 Å². The molecule has 9 nitrogen and oxygen atoms in total. The molecule has 0 unspecified atom stereocenters. The zero-order valence-electron chi connectivity index (χ0n) is 19.7. The molecule has 0 aromatic heterocycles. The van der Waals surface area contributed by atoms with Crippen LogP contribution < -0.4 is 19.7 Å². The second-order valence-corrected chi connectivity index (χ2v) is 10.0. The highest BCUT2D eigenvalue weighted by Gasteiger charge is 2.62. The number of carbonyl (C=O) groups excluding carboxylic acids is 2. The Kier molecular flexibility index (Phi) is 8.04. The highest BCUT2D eigenvalue weighted by atomic mass is 32.2. The molecule has 0 saturated carbocycles. The number of sulfonamides is 1. The average Bonchev–Trinajstić information content (AvgIpc) is 2.81. The van der Waals surface area contributed by atoms with E-state index in [2.05, 4.69) is 10.1 Å². The molecule has 38 heavy (non-hydrogen) atoms. The number of amides is 2. The summed E-state index contributed by atoms with van der Waals surface area (Å²) in [6.07, 6.45) is -11.3. The molecule has 0 saturated heterocycles. The predicted molar refractivity (Wildman–Crippen MR) is 121 cm³/mol. The van der Waals surface area contributed by atoms with E-state index in [4.69, 9.17) is 4.74 Å². The third kappa shape index (κ3) is 6.23. The quantitative estimate of drug-likeness (QED) is 0.487.